The van der Waals surface area contributed by atoms with Gasteiger partial charge in [0.25, 0.3) is 0 Å². The molecule has 0 radical (unpaired) electrons. The molecule has 1 unspecified atom stereocenters. The van der Waals surface area contributed by atoms with Crippen molar-refractivity contribution in [2.75, 3.05) is 20.1 Å². The third-order valence-corrected chi connectivity index (χ3v) is 3.24. The molecule has 1 aliphatic rings. The van der Waals surface area contributed by atoms with Crippen LogP contribution in [0.25, 0.3) is 0 Å². The smallest absolute Gasteiger partial charge is 0.157 e. The Labute approximate surface area is 95.5 Å². The molecule has 1 heterocycles. The molecule has 0 aromatic heterocycles. The molecule has 0 saturated heterocycles. The third-order valence-electron chi connectivity index (χ3n) is 3.24. The van der Waals surface area contributed by atoms with Crippen LogP contribution >= 0.6 is 0 Å². The van der Waals surface area contributed by atoms with Gasteiger partial charge in [0.1, 0.15) is 13.1 Å². The predicted octanol–water partition coefficient (Wildman–Crippen LogP) is 1.23. The van der Waals surface area contributed by atoms with E-state index in [-0.39, 0.29) is 11.5 Å². The minimum Gasteiger partial charge on any atom is -0.504 e. The fourth-order valence-corrected chi connectivity index (χ4v) is 2.28. The van der Waals surface area contributed by atoms with Crippen LogP contribution in [-0.4, -0.2) is 34.8 Å². The second kappa shape index (κ2) is 3.73. The van der Waals surface area contributed by atoms with Crippen molar-refractivity contribution in [1.82, 2.24) is 0 Å². The number of phenolic OH excluding ortho intramolecular Hbond substituents is 2. The van der Waals surface area contributed by atoms with Gasteiger partial charge in [-0.25, -0.2) is 0 Å². The number of aromatic hydroxyl groups is 2. The molecule has 1 atom stereocenters. The van der Waals surface area contributed by atoms with E-state index in [9.17, 15) is 10.2 Å². The van der Waals surface area contributed by atoms with E-state index in [2.05, 4.69) is 13.0 Å². The average molecular weight is 218 g/mol. The van der Waals surface area contributed by atoms with Gasteiger partial charge in [-0.3, -0.25) is 0 Å². The minimum absolute atomic E-state index is 0.0354. The molecule has 3 nitrogen and oxygen atoms in total. The maximum atomic E-state index is 9.48. The fourth-order valence-electron chi connectivity index (χ4n) is 2.28. The zero-order valence-corrected chi connectivity index (χ0v) is 9.40. The van der Waals surface area contributed by atoms with E-state index >= 15 is 0 Å². The molecule has 0 fully saturated rings. The van der Waals surface area contributed by atoms with Gasteiger partial charge in [-0.1, -0.05) is 0 Å². The van der Waals surface area contributed by atoms with Crippen LogP contribution in [0.4, 0.5) is 0 Å². The Morgan fingerprint density at radius 2 is 1.94 bits per heavy atom. The molecule has 0 aliphatic carbocycles. The fraction of sp³-hybridized carbons (Fsp3) is 0.385. The summed E-state index contributed by atoms with van der Waals surface area (Å²) in [6.45, 7) is 2.48. The van der Waals surface area contributed by atoms with Gasteiger partial charge in [-0.15, -0.1) is 6.42 Å². The number of hydrogen-bond acceptors (Lipinski definition) is 2. The molecular weight excluding hydrogens is 202 g/mol. The normalized spacial score (nSPS) is 23.5. The summed E-state index contributed by atoms with van der Waals surface area (Å²) < 4.78 is 0.799. The van der Waals surface area contributed by atoms with Crippen molar-refractivity contribution in [2.24, 2.45) is 0 Å². The van der Waals surface area contributed by atoms with Crippen molar-refractivity contribution in [1.29, 1.82) is 0 Å². The van der Waals surface area contributed by atoms with Gasteiger partial charge in [0, 0.05) is 12.0 Å². The Balaban J connectivity index is 2.34. The van der Waals surface area contributed by atoms with Crippen LogP contribution in [0.5, 0.6) is 11.5 Å². The predicted molar refractivity (Wildman–Crippen MR) is 61.9 cm³/mol. The number of likely N-dealkylation sites (N-methyl/N-ethyl adjacent to an activating group) is 1. The Kier molecular flexibility index (Phi) is 2.53. The van der Waals surface area contributed by atoms with E-state index in [0.717, 1.165) is 35.1 Å². The van der Waals surface area contributed by atoms with E-state index in [0.29, 0.717) is 6.54 Å². The van der Waals surface area contributed by atoms with Gasteiger partial charge >= 0.3 is 0 Å². The number of nitrogens with zero attached hydrogens (tertiary/aromatic N) is 1. The molecule has 2 rings (SSSR count). The second-order valence-electron chi connectivity index (χ2n) is 4.72. The highest BCUT2D eigenvalue weighted by atomic mass is 16.3. The topological polar surface area (TPSA) is 40.5 Å². The molecule has 0 spiro atoms. The van der Waals surface area contributed by atoms with E-state index in [4.69, 9.17) is 6.42 Å². The lowest BCUT2D eigenvalue weighted by atomic mass is 9.97. The highest BCUT2D eigenvalue weighted by molar-refractivity contribution is 5.45. The quantitative estimate of drug-likeness (QED) is 0.423. The highest BCUT2D eigenvalue weighted by Gasteiger charge is 2.28. The average Bonchev–Trinajstić information content (AvgIpc) is 2.21. The zero-order valence-electron chi connectivity index (χ0n) is 9.40. The lowest BCUT2D eigenvalue weighted by molar-refractivity contribution is -0.917. The Bertz CT molecular complexity index is 462. The molecule has 1 aliphatic heterocycles. The summed E-state index contributed by atoms with van der Waals surface area (Å²) in [6, 6.07) is 3.31. The first-order valence-electron chi connectivity index (χ1n) is 5.35. The summed E-state index contributed by atoms with van der Waals surface area (Å²) in [5, 5.41) is 18.9. The largest absolute Gasteiger partial charge is 0.504 e. The number of fused-ring (bicyclic) bond motifs is 1. The number of rotatable bonds is 1. The summed E-state index contributed by atoms with van der Waals surface area (Å²) in [6.07, 6.45) is 6.25. The van der Waals surface area contributed by atoms with Crippen molar-refractivity contribution in [3.05, 3.63) is 23.3 Å². The standard InChI is InChI=1S/C13H15NO2/c1-3-5-14(2)6-4-10-7-12(15)13(16)8-11(10)9-14/h1,7-8H,4-6,9H2,2H3,(H-,15,16)/p+1. The summed E-state index contributed by atoms with van der Waals surface area (Å²) in [7, 11) is 2.12. The summed E-state index contributed by atoms with van der Waals surface area (Å²) in [5.74, 6) is 2.61. The lowest BCUT2D eigenvalue weighted by Crippen LogP contribution is -2.47. The number of phenols is 2. The minimum atomic E-state index is -0.0482. The van der Waals surface area contributed by atoms with E-state index in [1.54, 1.807) is 12.1 Å². The van der Waals surface area contributed by atoms with Crippen LogP contribution in [0.15, 0.2) is 12.1 Å². The maximum Gasteiger partial charge on any atom is 0.157 e. The molecule has 3 heteroatoms. The van der Waals surface area contributed by atoms with E-state index in [1.807, 2.05) is 0 Å². The van der Waals surface area contributed by atoms with Crippen molar-refractivity contribution in [3.63, 3.8) is 0 Å². The van der Waals surface area contributed by atoms with Crippen LogP contribution in [0.3, 0.4) is 0 Å². The molecular formula is C13H16NO2+. The van der Waals surface area contributed by atoms with Crippen molar-refractivity contribution < 1.29 is 14.7 Å². The lowest BCUT2D eigenvalue weighted by Gasteiger charge is -2.37. The summed E-state index contributed by atoms with van der Waals surface area (Å²) >= 11 is 0. The van der Waals surface area contributed by atoms with Crippen LogP contribution in [0.2, 0.25) is 0 Å². The molecule has 1 aromatic carbocycles. The summed E-state index contributed by atoms with van der Waals surface area (Å²) in [5.41, 5.74) is 2.20. The van der Waals surface area contributed by atoms with Gasteiger partial charge in [0.15, 0.2) is 11.5 Å². The summed E-state index contributed by atoms with van der Waals surface area (Å²) in [4.78, 5) is 0. The van der Waals surface area contributed by atoms with E-state index < -0.39 is 0 Å². The first kappa shape index (κ1) is 10.8. The van der Waals surface area contributed by atoms with Crippen LogP contribution in [-0.2, 0) is 13.0 Å². The number of terminal acetylenes is 1. The van der Waals surface area contributed by atoms with Gasteiger partial charge in [-0.2, -0.15) is 0 Å². The van der Waals surface area contributed by atoms with Crippen LogP contribution in [0.1, 0.15) is 11.1 Å². The van der Waals surface area contributed by atoms with Crippen molar-refractivity contribution >= 4 is 0 Å². The Morgan fingerprint density at radius 1 is 1.31 bits per heavy atom. The molecule has 0 amide bonds. The van der Waals surface area contributed by atoms with Gasteiger partial charge in [0.2, 0.25) is 0 Å². The molecule has 2 N–H and O–H groups in total. The van der Waals surface area contributed by atoms with Gasteiger partial charge in [-0.05, 0) is 23.6 Å². The Hall–Kier alpha value is -1.66. The SMILES string of the molecule is C#CC[N+]1(C)CCc2cc(O)c(O)cc2C1. The molecule has 1 aromatic rings. The molecule has 0 saturated carbocycles. The maximum absolute atomic E-state index is 9.48. The monoisotopic (exact) mass is 218 g/mol. The first-order valence-corrected chi connectivity index (χ1v) is 5.35. The Morgan fingerprint density at radius 3 is 2.56 bits per heavy atom. The van der Waals surface area contributed by atoms with Crippen molar-refractivity contribution in [3.8, 4) is 23.8 Å². The molecule has 0 bridgehead atoms. The number of hydrogen-bond donors (Lipinski definition) is 2. The second-order valence-corrected chi connectivity index (χ2v) is 4.72. The van der Waals surface area contributed by atoms with Crippen molar-refractivity contribution in [2.45, 2.75) is 13.0 Å². The van der Waals surface area contributed by atoms with Crippen LogP contribution in [0, 0.1) is 12.3 Å². The van der Waals surface area contributed by atoms with Gasteiger partial charge in [0.05, 0.1) is 13.6 Å². The van der Waals surface area contributed by atoms with Gasteiger partial charge < -0.3 is 14.7 Å². The number of benzene rings is 1. The van der Waals surface area contributed by atoms with Crippen LogP contribution < -0.4 is 0 Å². The highest BCUT2D eigenvalue weighted by Crippen LogP contribution is 2.32. The van der Waals surface area contributed by atoms with E-state index in [1.165, 1.54) is 0 Å². The number of quaternary nitrogens is 1. The third kappa shape index (κ3) is 1.84. The molecule has 16 heavy (non-hydrogen) atoms. The molecule has 84 valence electrons. The zero-order chi connectivity index (χ0) is 11.8. The first-order chi connectivity index (χ1) is 7.54.